The summed E-state index contributed by atoms with van der Waals surface area (Å²) < 4.78 is 33.4. The number of phenolic OH excluding ortho intramolecular Hbond substituents is 1. The van der Waals surface area contributed by atoms with Crippen LogP contribution in [0.2, 0.25) is 0 Å². The zero-order valence-electron chi connectivity index (χ0n) is 8.78. The smallest absolute Gasteiger partial charge is 0.744 e. The molecule has 0 amide bonds. The molecule has 0 aliphatic carbocycles. The van der Waals surface area contributed by atoms with Gasteiger partial charge in [0.1, 0.15) is 20.8 Å². The minimum atomic E-state index is -4.92. The number of aromatic nitrogens is 1. The molecule has 0 saturated heterocycles. The Morgan fingerprint density at radius 3 is 2.41 bits per heavy atom. The fraction of sp³-hybridized carbons (Fsp3) is 0. The second kappa shape index (κ2) is 4.39. The van der Waals surface area contributed by atoms with E-state index in [9.17, 15) is 23.2 Å². The van der Waals surface area contributed by atoms with Crippen molar-refractivity contribution in [3.63, 3.8) is 0 Å². The van der Waals surface area contributed by atoms with E-state index in [0.29, 0.717) is 4.68 Å². The molecule has 4 N–H and O–H groups in total. The molecule has 86 valence electrons. The SMILES string of the molecule is Nn1c(O)c(S(=O)(=O)[O-])c2c(O)cccc21.[Na+]. The molecule has 7 nitrogen and oxygen atoms in total. The molecular weight excluding hydrogens is 259 g/mol. The molecule has 2 aromatic rings. The number of aromatic hydroxyl groups is 2. The van der Waals surface area contributed by atoms with Gasteiger partial charge in [-0.15, -0.1) is 0 Å². The van der Waals surface area contributed by atoms with Crippen molar-refractivity contribution in [1.82, 2.24) is 4.68 Å². The summed E-state index contributed by atoms with van der Waals surface area (Å²) >= 11 is 0. The van der Waals surface area contributed by atoms with Crippen molar-refractivity contribution >= 4 is 21.0 Å². The summed E-state index contributed by atoms with van der Waals surface area (Å²) in [6.45, 7) is 0. The maximum atomic E-state index is 10.9. The fourth-order valence-electron chi connectivity index (χ4n) is 1.53. The molecule has 0 unspecified atom stereocenters. The Hall–Kier alpha value is -0.930. The van der Waals surface area contributed by atoms with Gasteiger partial charge in [0.2, 0.25) is 5.88 Å². The van der Waals surface area contributed by atoms with Crippen molar-refractivity contribution in [1.29, 1.82) is 0 Å². The monoisotopic (exact) mass is 266 g/mol. The second-order valence-electron chi connectivity index (χ2n) is 3.15. The molecule has 0 bridgehead atoms. The molecule has 0 fully saturated rings. The molecule has 1 heterocycles. The number of phenols is 1. The quantitative estimate of drug-likeness (QED) is 0.281. The van der Waals surface area contributed by atoms with Crippen molar-refractivity contribution in [2.75, 3.05) is 5.84 Å². The van der Waals surface area contributed by atoms with Crippen LogP contribution in [-0.4, -0.2) is 27.9 Å². The van der Waals surface area contributed by atoms with Gasteiger partial charge in [0.15, 0.2) is 0 Å². The summed E-state index contributed by atoms with van der Waals surface area (Å²) in [6.07, 6.45) is 0. The van der Waals surface area contributed by atoms with E-state index in [0.717, 1.165) is 0 Å². The van der Waals surface area contributed by atoms with Crippen LogP contribution < -0.4 is 35.4 Å². The standard InChI is InChI=1S/C8H8N2O5S.Na/c9-10-4-2-1-3-5(11)6(4)7(8(10)12)16(13,14)15;/h1-3,11-12H,9H2,(H,13,14,15);/q;+1/p-1. The van der Waals surface area contributed by atoms with Crippen molar-refractivity contribution in [2.45, 2.75) is 4.90 Å². The topological polar surface area (TPSA) is 129 Å². The zero-order chi connectivity index (χ0) is 12.1. The third kappa shape index (κ3) is 2.09. The van der Waals surface area contributed by atoms with Gasteiger partial charge in [-0.1, -0.05) is 6.07 Å². The summed E-state index contributed by atoms with van der Waals surface area (Å²) in [7, 11) is -4.92. The molecule has 0 atom stereocenters. The first kappa shape index (κ1) is 14.1. The van der Waals surface area contributed by atoms with Gasteiger partial charge < -0.3 is 20.6 Å². The molecule has 0 spiro atoms. The first-order valence-electron chi connectivity index (χ1n) is 4.10. The predicted octanol–water partition coefficient (Wildman–Crippen LogP) is -3.33. The molecule has 1 aromatic heterocycles. The van der Waals surface area contributed by atoms with Crippen LogP contribution in [0.25, 0.3) is 10.9 Å². The van der Waals surface area contributed by atoms with E-state index in [1.54, 1.807) is 0 Å². The largest absolute Gasteiger partial charge is 1.00 e. The third-order valence-corrected chi connectivity index (χ3v) is 3.08. The molecule has 2 rings (SSSR count). The van der Waals surface area contributed by atoms with E-state index in [4.69, 9.17) is 5.84 Å². The fourth-order valence-corrected chi connectivity index (χ4v) is 2.31. The number of benzene rings is 1. The minimum Gasteiger partial charge on any atom is -0.744 e. The van der Waals surface area contributed by atoms with Gasteiger partial charge in [-0.05, 0) is 12.1 Å². The van der Waals surface area contributed by atoms with Gasteiger partial charge >= 0.3 is 29.6 Å². The zero-order valence-corrected chi connectivity index (χ0v) is 11.6. The summed E-state index contributed by atoms with van der Waals surface area (Å²) in [5, 5.41) is 18.6. The predicted molar refractivity (Wildman–Crippen MR) is 53.4 cm³/mol. The van der Waals surface area contributed by atoms with Gasteiger partial charge in [-0.2, -0.15) is 0 Å². The van der Waals surface area contributed by atoms with Crippen molar-refractivity contribution in [3.8, 4) is 11.6 Å². The summed E-state index contributed by atoms with van der Waals surface area (Å²) in [4.78, 5) is -0.914. The van der Waals surface area contributed by atoms with Crippen LogP contribution in [0.15, 0.2) is 23.1 Å². The normalized spacial score (nSPS) is 11.4. The van der Waals surface area contributed by atoms with Crippen LogP contribution in [0, 0.1) is 0 Å². The molecule has 17 heavy (non-hydrogen) atoms. The number of rotatable bonds is 1. The molecule has 0 aliphatic heterocycles. The van der Waals surface area contributed by atoms with Crippen LogP contribution in [0.3, 0.4) is 0 Å². The Kier molecular flexibility index (Phi) is 3.65. The maximum absolute atomic E-state index is 10.9. The molecular formula is C8H7N2NaO5S. The molecule has 9 heteroatoms. The second-order valence-corrected chi connectivity index (χ2v) is 4.46. The van der Waals surface area contributed by atoms with Gasteiger partial charge in [0.25, 0.3) is 0 Å². The Bertz CT molecular complexity index is 679. The molecule has 0 aliphatic rings. The van der Waals surface area contributed by atoms with Crippen molar-refractivity contribution in [2.24, 2.45) is 0 Å². The Morgan fingerprint density at radius 1 is 1.29 bits per heavy atom. The number of hydrogen-bond donors (Lipinski definition) is 3. The van der Waals surface area contributed by atoms with Crippen LogP contribution in [0.1, 0.15) is 0 Å². The molecule has 0 saturated carbocycles. The van der Waals surface area contributed by atoms with Crippen LogP contribution in [0.5, 0.6) is 11.6 Å². The van der Waals surface area contributed by atoms with E-state index in [1.165, 1.54) is 18.2 Å². The number of hydrogen-bond acceptors (Lipinski definition) is 6. The van der Waals surface area contributed by atoms with E-state index in [2.05, 4.69) is 0 Å². The number of nitrogens with zero attached hydrogens (tertiary/aromatic N) is 1. The number of nitrogen functional groups attached to an aromatic ring is 1. The van der Waals surface area contributed by atoms with E-state index >= 15 is 0 Å². The summed E-state index contributed by atoms with van der Waals surface area (Å²) in [5.41, 5.74) is 0.0481. The van der Waals surface area contributed by atoms with Crippen LogP contribution in [0.4, 0.5) is 0 Å². The van der Waals surface area contributed by atoms with Crippen molar-refractivity contribution in [3.05, 3.63) is 18.2 Å². The van der Waals surface area contributed by atoms with Crippen LogP contribution in [-0.2, 0) is 10.1 Å². The van der Waals surface area contributed by atoms with Gasteiger partial charge in [0, 0.05) is 0 Å². The average Bonchev–Trinajstić information content (AvgIpc) is 2.42. The Balaban J connectivity index is 0.00000144. The van der Waals surface area contributed by atoms with Crippen molar-refractivity contribution < 1.29 is 52.7 Å². The van der Waals surface area contributed by atoms with E-state index < -0.39 is 26.6 Å². The maximum Gasteiger partial charge on any atom is 1.00 e. The van der Waals surface area contributed by atoms with Gasteiger partial charge in [0.05, 0.1) is 10.9 Å². The number of nitrogens with two attached hydrogens (primary N) is 1. The molecule has 1 aromatic carbocycles. The van der Waals surface area contributed by atoms with Crippen LogP contribution >= 0.6 is 0 Å². The van der Waals surface area contributed by atoms with E-state index in [1.807, 2.05) is 0 Å². The Morgan fingerprint density at radius 2 is 1.88 bits per heavy atom. The first-order chi connectivity index (χ1) is 7.34. The average molecular weight is 266 g/mol. The Labute approximate surface area is 118 Å². The van der Waals surface area contributed by atoms with E-state index in [-0.39, 0.29) is 40.5 Å². The summed E-state index contributed by atoms with van der Waals surface area (Å²) in [5.74, 6) is 4.02. The number of fused-ring (bicyclic) bond motifs is 1. The minimum absolute atomic E-state index is 0. The van der Waals surface area contributed by atoms with Gasteiger partial charge in [-0.25, -0.2) is 13.1 Å². The summed E-state index contributed by atoms with van der Waals surface area (Å²) in [6, 6.07) is 3.96. The third-order valence-electron chi connectivity index (χ3n) is 2.19. The first-order valence-corrected chi connectivity index (χ1v) is 5.51. The molecule has 0 radical (unpaired) electrons. The van der Waals surface area contributed by atoms with Gasteiger partial charge in [-0.3, -0.25) is 0 Å².